The van der Waals surface area contributed by atoms with Crippen molar-refractivity contribution in [2.75, 3.05) is 13.2 Å². The van der Waals surface area contributed by atoms with Crippen LogP contribution in [-0.2, 0) is 4.74 Å². The number of amides is 1. The first-order valence-corrected chi connectivity index (χ1v) is 4.97. The molecule has 1 aliphatic heterocycles. The van der Waals surface area contributed by atoms with E-state index in [1.54, 1.807) is 0 Å². The van der Waals surface area contributed by atoms with E-state index in [0.29, 0.717) is 13.2 Å². The third-order valence-corrected chi connectivity index (χ3v) is 2.22. The normalized spacial score (nSPS) is 19.5. The molecule has 1 atom stereocenters. The van der Waals surface area contributed by atoms with E-state index in [0.717, 1.165) is 11.3 Å². The monoisotopic (exact) mass is 207 g/mol. The van der Waals surface area contributed by atoms with Crippen LogP contribution in [0.5, 0.6) is 5.75 Å². The Morgan fingerprint density at radius 1 is 1.60 bits per heavy atom. The van der Waals surface area contributed by atoms with Crippen LogP contribution in [0.3, 0.4) is 0 Å². The summed E-state index contributed by atoms with van der Waals surface area (Å²) in [5, 5.41) is 2.62. The van der Waals surface area contributed by atoms with Crippen LogP contribution in [0.15, 0.2) is 24.3 Å². The fourth-order valence-electron chi connectivity index (χ4n) is 1.55. The molecule has 0 aliphatic carbocycles. The van der Waals surface area contributed by atoms with E-state index < -0.39 is 0 Å². The lowest BCUT2D eigenvalue weighted by Gasteiger charge is -2.09. The Kier molecular flexibility index (Phi) is 2.76. The minimum atomic E-state index is -0.359. The predicted molar refractivity (Wildman–Crippen MR) is 54.8 cm³/mol. The highest BCUT2D eigenvalue weighted by molar-refractivity contribution is 5.69. The van der Waals surface area contributed by atoms with Crippen LogP contribution in [0, 0.1) is 0 Å². The van der Waals surface area contributed by atoms with E-state index in [2.05, 4.69) is 5.32 Å². The molecule has 0 aromatic heterocycles. The largest absolute Gasteiger partial charge is 0.494 e. The molecule has 4 heteroatoms. The van der Waals surface area contributed by atoms with Crippen LogP contribution in [-0.4, -0.2) is 19.2 Å². The number of hydrogen-bond acceptors (Lipinski definition) is 3. The number of hydrogen-bond donors (Lipinski definition) is 1. The first kappa shape index (κ1) is 9.83. The summed E-state index contributed by atoms with van der Waals surface area (Å²) in [6.07, 6.45) is -0.556. The molecule has 4 nitrogen and oxygen atoms in total. The minimum absolute atomic E-state index is 0.196. The standard InChI is InChI=1S/C11H13NO3/c1-2-14-9-5-3-4-8(6-9)10-7-12-11(13)15-10/h3-6,10H,2,7H2,1H3,(H,12,13). The number of alkyl carbamates (subject to hydrolysis) is 1. The molecule has 1 aromatic rings. The molecule has 15 heavy (non-hydrogen) atoms. The van der Waals surface area contributed by atoms with Gasteiger partial charge in [0.15, 0.2) is 0 Å². The second-order valence-corrected chi connectivity index (χ2v) is 3.28. The van der Waals surface area contributed by atoms with Crippen LogP contribution in [0.1, 0.15) is 18.6 Å². The first-order valence-electron chi connectivity index (χ1n) is 4.97. The molecule has 80 valence electrons. The van der Waals surface area contributed by atoms with E-state index in [1.165, 1.54) is 0 Å². The van der Waals surface area contributed by atoms with Crippen molar-refractivity contribution in [2.45, 2.75) is 13.0 Å². The number of carbonyl (C=O) groups is 1. The van der Waals surface area contributed by atoms with Gasteiger partial charge in [-0.15, -0.1) is 0 Å². The molecule has 1 unspecified atom stereocenters. The maximum absolute atomic E-state index is 10.9. The average molecular weight is 207 g/mol. The summed E-state index contributed by atoms with van der Waals surface area (Å²) in [5.41, 5.74) is 0.958. The lowest BCUT2D eigenvalue weighted by Crippen LogP contribution is -2.12. The van der Waals surface area contributed by atoms with Crippen molar-refractivity contribution < 1.29 is 14.3 Å². The van der Waals surface area contributed by atoms with E-state index in [-0.39, 0.29) is 12.2 Å². The fourth-order valence-corrected chi connectivity index (χ4v) is 1.55. The second-order valence-electron chi connectivity index (χ2n) is 3.28. The van der Waals surface area contributed by atoms with Crippen molar-refractivity contribution >= 4 is 6.09 Å². The van der Waals surface area contributed by atoms with Gasteiger partial charge in [0.25, 0.3) is 0 Å². The van der Waals surface area contributed by atoms with Gasteiger partial charge in [-0.25, -0.2) is 4.79 Å². The van der Waals surface area contributed by atoms with E-state index in [4.69, 9.17) is 9.47 Å². The number of rotatable bonds is 3. The van der Waals surface area contributed by atoms with Crippen LogP contribution in [0.25, 0.3) is 0 Å². The maximum Gasteiger partial charge on any atom is 0.407 e. The van der Waals surface area contributed by atoms with Gasteiger partial charge in [-0.3, -0.25) is 0 Å². The van der Waals surface area contributed by atoms with Gasteiger partial charge in [-0.1, -0.05) is 12.1 Å². The molecule has 2 rings (SSSR count). The van der Waals surface area contributed by atoms with Crippen LogP contribution in [0.4, 0.5) is 4.79 Å². The Morgan fingerprint density at radius 3 is 3.13 bits per heavy atom. The Balaban J connectivity index is 2.14. The SMILES string of the molecule is CCOc1cccc(C2CNC(=O)O2)c1. The molecule has 1 saturated heterocycles. The molecular weight excluding hydrogens is 194 g/mol. The summed E-state index contributed by atoms with van der Waals surface area (Å²) in [5.74, 6) is 0.804. The van der Waals surface area contributed by atoms with Gasteiger partial charge in [0.05, 0.1) is 13.2 Å². The molecule has 1 fully saturated rings. The van der Waals surface area contributed by atoms with Crippen molar-refractivity contribution in [3.8, 4) is 5.75 Å². The Morgan fingerprint density at radius 2 is 2.47 bits per heavy atom. The van der Waals surface area contributed by atoms with E-state index in [1.807, 2.05) is 31.2 Å². The number of nitrogens with one attached hydrogen (secondary N) is 1. The van der Waals surface area contributed by atoms with Crippen LogP contribution < -0.4 is 10.1 Å². The molecule has 0 radical (unpaired) electrons. The molecule has 1 N–H and O–H groups in total. The smallest absolute Gasteiger partial charge is 0.407 e. The van der Waals surface area contributed by atoms with Gasteiger partial charge in [0.1, 0.15) is 11.9 Å². The van der Waals surface area contributed by atoms with Gasteiger partial charge in [-0.2, -0.15) is 0 Å². The number of benzene rings is 1. The second kappa shape index (κ2) is 4.21. The molecule has 1 heterocycles. The highest BCUT2D eigenvalue weighted by atomic mass is 16.6. The van der Waals surface area contributed by atoms with Crippen LogP contribution in [0.2, 0.25) is 0 Å². The minimum Gasteiger partial charge on any atom is -0.494 e. The number of cyclic esters (lactones) is 1. The van der Waals surface area contributed by atoms with Crippen molar-refractivity contribution in [1.29, 1.82) is 0 Å². The summed E-state index contributed by atoms with van der Waals surface area (Å²) in [6, 6.07) is 7.60. The summed E-state index contributed by atoms with van der Waals surface area (Å²) in [4.78, 5) is 10.9. The van der Waals surface area contributed by atoms with Crippen molar-refractivity contribution in [3.63, 3.8) is 0 Å². The van der Waals surface area contributed by atoms with Crippen molar-refractivity contribution in [3.05, 3.63) is 29.8 Å². The van der Waals surface area contributed by atoms with Crippen LogP contribution >= 0.6 is 0 Å². The Bertz CT molecular complexity index is 365. The summed E-state index contributed by atoms with van der Waals surface area (Å²) in [6.45, 7) is 3.09. The maximum atomic E-state index is 10.9. The summed E-state index contributed by atoms with van der Waals surface area (Å²) < 4.78 is 10.4. The van der Waals surface area contributed by atoms with Gasteiger partial charge < -0.3 is 14.8 Å². The first-order chi connectivity index (χ1) is 7.29. The number of carbonyl (C=O) groups excluding carboxylic acids is 1. The van der Waals surface area contributed by atoms with Gasteiger partial charge in [-0.05, 0) is 24.6 Å². The fraction of sp³-hybridized carbons (Fsp3) is 0.364. The zero-order chi connectivity index (χ0) is 10.7. The zero-order valence-electron chi connectivity index (χ0n) is 8.53. The Hall–Kier alpha value is -1.71. The molecule has 1 amide bonds. The van der Waals surface area contributed by atoms with Gasteiger partial charge >= 0.3 is 6.09 Å². The molecule has 0 saturated carbocycles. The quantitative estimate of drug-likeness (QED) is 0.823. The summed E-state index contributed by atoms with van der Waals surface area (Å²) >= 11 is 0. The van der Waals surface area contributed by atoms with Gasteiger partial charge in [0.2, 0.25) is 0 Å². The zero-order valence-corrected chi connectivity index (χ0v) is 8.53. The number of ether oxygens (including phenoxy) is 2. The van der Waals surface area contributed by atoms with E-state index >= 15 is 0 Å². The van der Waals surface area contributed by atoms with Gasteiger partial charge in [0, 0.05) is 0 Å². The van der Waals surface area contributed by atoms with Crippen molar-refractivity contribution in [2.24, 2.45) is 0 Å². The predicted octanol–water partition coefficient (Wildman–Crippen LogP) is 1.87. The third kappa shape index (κ3) is 2.21. The molecule has 0 bridgehead atoms. The van der Waals surface area contributed by atoms with E-state index in [9.17, 15) is 4.79 Å². The molecule has 0 spiro atoms. The molecular formula is C11H13NO3. The summed E-state index contributed by atoms with van der Waals surface area (Å²) in [7, 11) is 0. The third-order valence-electron chi connectivity index (χ3n) is 2.22. The molecule has 1 aliphatic rings. The molecule has 1 aromatic carbocycles. The Labute approximate surface area is 88.2 Å². The van der Waals surface area contributed by atoms with Crippen molar-refractivity contribution in [1.82, 2.24) is 5.32 Å². The highest BCUT2D eigenvalue weighted by Gasteiger charge is 2.24. The average Bonchev–Trinajstić information content (AvgIpc) is 2.66. The lowest BCUT2D eigenvalue weighted by atomic mass is 10.1. The lowest BCUT2D eigenvalue weighted by molar-refractivity contribution is 0.141. The topological polar surface area (TPSA) is 47.6 Å². The highest BCUT2D eigenvalue weighted by Crippen LogP contribution is 2.24.